The Balaban J connectivity index is 0.000000445. The van der Waals surface area contributed by atoms with Crippen molar-refractivity contribution in [1.29, 1.82) is 0 Å². The second-order valence-electron chi connectivity index (χ2n) is 5.71. The highest BCUT2D eigenvalue weighted by atomic mass is 35.5. The highest BCUT2D eigenvalue weighted by molar-refractivity contribution is 6.72. The first-order chi connectivity index (χ1) is 12.8. The van der Waals surface area contributed by atoms with Gasteiger partial charge in [0.05, 0.1) is 13.0 Å². The number of unbranched alkanes of at least 4 members (excludes halogenated alkanes) is 1. The molecule has 0 spiro atoms. The zero-order chi connectivity index (χ0) is 20.4. The molecule has 7 nitrogen and oxygen atoms in total. The molecule has 1 aromatic rings. The molecule has 0 aliphatic carbocycles. The number of amides is 4. The third-order valence-electron chi connectivity index (χ3n) is 3.56. The monoisotopic (exact) mass is 414 g/mol. The van der Waals surface area contributed by atoms with E-state index in [2.05, 4.69) is 0 Å². The first kappa shape index (κ1) is 22.8. The second-order valence-corrected chi connectivity index (χ2v) is 6.55. The van der Waals surface area contributed by atoms with Crippen LogP contribution in [0.25, 0.3) is 0 Å². The minimum absolute atomic E-state index is 0.217. The Morgan fingerprint density at radius 1 is 0.963 bits per heavy atom. The number of nitrogens with zero attached hydrogens (tertiary/aromatic N) is 2. The molecule has 9 heteroatoms. The molecule has 1 heterocycles. The van der Waals surface area contributed by atoms with Gasteiger partial charge in [0.1, 0.15) is 6.42 Å². The molecule has 0 bridgehead atoms. The number of barbiturate groups is 1. The van der Waals surface area contributed by atoms with E-state index in [1.54, 1.807) is 0 Å². The van der Waals surface area contributed by atoms with E-state index in [1.807, 2.05) is 37.3 Å². The maximum atomic E-state index is 12.3. The van der Waals surface area contributed by atoms with E-state index < -0.39 is 28.3 Å². The third-order valence-corrected chi connectivity index (χ3v) is 3.83. The number of hydrogen-bond donors (Lipinski definition) is 0. The summed E-state index contributed by atoms with van der Waals surface area (Å²) in [7, 11) is 0. The fourth-order valence-electron chi connectivity index (χ4n) is 2.25. The zero-order valence-electron chi connectivity index (χ0n) is 14.8. The summed E-state index contributed by atoms with van der Waals surface area (Å²) in [5.41, 5.74) is 0.874. The second kappa shape index (κ2) is 11.5. The van der Waals surface area contributed by atoms with Crippen molar-refractivity contribution in [2.24, 2.45) is 0 Å². The normalized spacial score (nSPS) is 14.0. The topological polar surface area (TPSA) is 91.8 Å². The number of hydrogen-bond acceptors (Lipinski definition) is 5. The summed E-state index contributed by atoms with van der Waals surface area (Å²) in [6, 6.07) is 8.80. The van der Waals surface area contributed by atoms with E-state index in [-0.39, 0.29) is 19.4 Å². The number of carbonyl (C=O) groups excluding carboxylic acids is 5. The van der Waals surface area contributed by atoms with Crippen molar-refractivity contribution in [3.05, 3.63) is 35.9 Å². The largest absolute Gasteiger partial charge is 0.333 e. The van der Waals surface area contributed by atoms with Gasteiger partial charge in [-0.25, -0.2) is 4.79 Å². The average Bonchev–Trinajstić information content (AvgIpc) is 2.59. The van der Waals surface area contributed by atoms with Gasteiger partial charge in [-0.15, -0.1) is 0 Å². The standard InChI is InChI=1S/C15H18N2O3.C3H2Cl2O2/c1-2-3-9-16-13(18)10-14(19)17(15(16)20)11-12-7-5-4-6-8-12;4-2(6)1-3(5)7/h4-8H,2-3,9-11H2,1H3;1H2. The van der Waals surface area contributed by atoms with E-state index in [1.165, 1.54) is 4.90 Å². The van der Waals surface area contributed by atoms with Gasteiger partial charge in [0.15, 0.2) is 0 Å². The van der Waals surface area contributed by atoms with E-state index in [0.29, 0.717) is 6.54 Å². The van der Waals surface area contributed by atoms with Crippen molar-refractivity contribution >= 4 is 51.5 Å². The smallest absolute Gasteiger partial charge is 0.281 e. The van der Waals surface area contributed by atoms with Gasteiger partial charge < -0.3 is 0 Å². The number of rotatable bonds is 7. The van der Waals surface area contributed by atoms with Crippen LogP contribution >= 0.6 is 23.2 Å². The lowest BCUT2D eigenvalue weighted by Gasteiger charge is -2.32. The molecular weight excluding hydrogens is 395 g/mol. The fraction of sp³-hybridized carbons (Fsp3) is 0.389. The highest BCUT2D eigenvalue weighted by Crippen LogP contribution is 2.16. The van der Waals surface area contributed by atoms with Gasteiger partial charge in [-0.2, -0.15) is 0 Å². The van der Waals surface area contributed by atoms with Crippen LogP contribution in [0.15, 0.2) is 30.3 Å². The van der Waals surface area contributed by atoms with Crippen LogP contribution in [0.4, 0.5) is 4.79 Å². The van der Waals surface area contributed by atoms with E-state index in [4.69, 9.17) is 23.2 Å². The van der Waals surface area contributed by atoms with Gasteiger partial charge in [-0.3, -0.25) is 29.0 Å². The van der Waals surface area contributed by atoms with Gasteiger partial charge in [-0.05, 0) is 35.2 Å². The lowest BCUT2D eigenvalue weighted by molar-refractivity contribution is -0.143. The Morgan fingerprint density at radius 3 is 2.00 bits per heavy atom. The van der Waals surface area contributed by atoms with Crippen LogP contribution in [-0.4, -0.2) is 44.7 Å². The molecule has 2 rings (SSSR count). The van der Waals surface area contributed by atoms with Crippen LogP contribution < -0.4 is 0 Å². The van der Waals surface area contributed by atoms with Crippen molar-refractivity contribution in [2.45, 2.75) is 39.2 Å². The fourth-order valence-corrected chi connectivity index (χ4v) is 2.56. The average molecular weight is 415 g/mol. The molecule has 27 heavy (non-hydrogen) atoms. The minimum atomic E-state index is -0.722. The summed E-state index contributed by atoms with van der Waals surface area (Å²) in [4.78, 5) is 57.7. The first-order valence-corrected chi connectivity index (χ1v) is 9.07. The Morgan fingerprint density at radius 2 is 1.52 bits per heavy atom. The van der Waals surface area contributed by atoms with Gasteiger partial charge in [0.2, 0.25) is 22.3 Å². The molecular formula is C18H20Cl2N2O5. The van der Waals surface area contributed by atoms with Crippen molar-refractivity contribution < 1.29 is 24.0 Å². The molecule has 0 aromatic heterocycles. The Labute approximate surface area is 167 Å². The Kier molecular flexibility index (Phi) is 9.67. The van der Waals surface area contributed by atoms with Crippen LogP contribution in [0, 0.1) is 0 Å². The SMILES string of the molecule is CCCCN1C(=O)CC(=O)N(Cc2ccccc2)C1=O.O=C(Cl)CC(=O)Cl. The Hall–Kier alpha value is -2.25. The molecule has 0 saturated carbocycles. The number of imide groups is 2. The maximum absolute atomic E-state index is 12.3. The van der Waals surface area contributed by atoms with Crippen LogP contribution in [0.3, 0.4) is 0 Å². The van der Waals surface area contributed by atoms with Gasteiger partial charge in [0, 0.05) is 6.54 Å². The summed E-state index contributed by atoms with van der Waals surface area (Å²) in [6.45, 7) is 2.59. The maximum Gasteiger partial charge on any atom is 0.333 e. The summed E-state index contributed by atoms with van der Waals surface area (Å²) < 4.78 is 0. The quantitative estimate of drug-likeness (QED) is 0.504. The number of urea groups is 1. The molecule has 1 aliphatic heterocycles. The predicted molar refractivity (Wildman–Crippen MR) is 100.0 cm³/mol. The van der Waals surface area contributed by atoms with Crippen LogP contribution in [0.1, 0.15) is 38.2 Å². The van der Waals surface area contributed by atoms with Gasteiger partial charge >= 0.3 is 6.03 Å². The molecule has 1 fully saturated rings. The van der Waals surface area contributed by atoms with Gasteiger partial charge in [0.25, 0.3) is 0 Å². The summed E-state index contributed by atoms with van der Waals surface area (Å²) in [5.74, 6) is -0.811. The first-order valence-electron chi connectivity index (χ1n) is 8.31. The predicted octanol–water partition coefficient (Wildman–Crippen LogP) is 3.07. The van der Waals surface area contributed by atoms with Crippen molar-refractivity contribution in [3.8, 4) is 0 Å². The molecule has 0 unspecified atom stereocenters. The molecule has 0 N–H and O–H groups in total. The van der Waals surface area contributed by atoms with E-state index in [9.17, 15) is 24.0 Å². The molecule has 1 aromatic carbocycles. The van der Waals surface area contributed by atoms with E-state index in [0.717, 1.165) is 23.3 Å². The summed E-state index contributed by atoms with van der Waals surface area (Å²) in [6.07, 6.45) is 1.04. The molecule has 0 radical (unpaired) electrons. The molecule has 146 valence electrons. The molecule has 1 saturated heterocycles. The zero-order valence-corrected chi connectivity index (χ0v) is 16.3. The highest BCUT2D eigenvalue weighted by Gasteiger charge is 2.37. The third kappa shape index (κ3) is 7.88. The van der Waals surface area contributed by atoms with Gasteiger partial charge in [-0.1, -0.05) is 43.7 Å². The lowest BCUT2D eigenvalue weighted by Crippen LogP contribution is -2.54. The lowest BCUT2D eigenvalue weighted by atomic mass is 10.1. The number of benzene rings is 1. The van der Waals surface area contributed by atoms with Crippen molar-refractivity contribution in [3.63, 3.8) is 0 Å². The van der Waals surface area contributed by atoms with E-state index >= 15 is 0 Å². The molecule has 0 atom stereocenters. The molecule has 4 amide bonds. The van der Waals surface area contributed by atoms with Crippen LogP contribution in [-0.2, 0) is 25.7 Å². The van der Waals surface area contributed by atoms with Crippen LogP contribution in [0.5, 0.6) is 0 Å². The van der Waals surface area contributed by atoms with Crippen LogP contribution in [0.2, 0.25) is 0 Å². The summed E-state index contributed by atoms with van der Waals surface area (Å²) in [5, 5.41) is -1.44. The number of carbonyl (C=O) groups is 5. The minimum Gasteiger partial charge on any atom is -0.281 e. The van der Waals surface area contributed by atoms with Crippen molar-refractivity contribution in [2.75, 3.05) is 6.54 Å². The Bertz CT molecular complexity index is 697. The van der Waals surface area contributed by atoms with Crippen molar-refractivity contribution in [1.82, 2.24) is 9.80 Å². The summed E-state index contributed by atoms with van der Waals surface area (Å²) >= 11 is 9.46. The number of halogens is 2. The molecule has 1 aliphatic rings.